The molecule has 3 rings (SSSR count). The molecule has 0 bridgehead atoms. The highest BCUT2D eigenvalue weighted by molar-refractivity contribution is 5.90. The van der Waals surface area contributed by atoms with Crippen molar-refractivity contribution in [1.29, 1.82) is 0 Å². The van der Waals surface area contributed by atoms with Crippen LogP contribution in [-0.4, -0.2) is 41.4 Å². The van der Waals surface area contributed by atoms with Crippen LogP contribution in [0.15, 0.2) is 48.5 Å². The number of rotatable bonds is 6. The lowest BCUT2D eigenvalue weighted by Crippen LogP contribution is -2.52. The van der Waals surface area contributed by atoms with Gasteiger partial charge in [0, 0.05) is 38.8 Å². The molecule has 0 aromatic heterocycles. The summed E-state index contributed by atoms with van der Waals surface area (Å²) in [5.74, 6) is 0.544. The SMILES string of the molecule is CCN(Cc1ccccc1NC(=O)N1CC(Cc2ccc(C)cc2)C1)C(C)=O. The van der Waals surface area contributed by atoms with E-state index in [0.717, 1.165) is 30.8 Å². The summed E-state index contributed by atoms with van der Waals surface area (Å²) in [5, 5.41) is 3.02. The average molecular weight is 380 g/mol. The van der Waals surface area contributed by atoms with Gasteiger partial charge in [0.15, 0.2) is 0 Å². The molecule has 1 heterocycles. The molecule has 1 aliphatic rings. The van der Waals surface area contributed by atoms with Crippen LogP contribution in [0.3, 0.4) is 0 Å². The number of carbonyl (C=O) groups excluding carboxylic acids is 2. The van der Waals surface area contributed by atoms with E-state index in [1.165, 1.54) is 11.1 Å². The minimum atomic E-state index is -0.0709. The third-order valence-electron chi connectivity index (χ3n) is 5.34. The van der Waals surface area contributed by atoms with Crippen LogP contribution in [0.2, 0.25) is 0 Å². The van der Waals surface area contributed by atoms with Crippen molar-refractivity contribution in [1.82, 2.24) is 9.80 Å². The van der Waals surface area contributed by atoms with Crippen molar-refractivity contribution in [2.45, 2.75) is 33.7 Å². The minimum Gasteiger partial charge on any atom is -0.339 e. The fourth-order valence-corrected chi connectivity index (χ4v) is 3.55. The molecule has 28 heavy (non-hydrogen) atoms. The van der Waals surface area contributed by atoms with Gasteiger partial charge in [0.1, 0.15) is 0 Å². The highest BCUT2D eigenvalue weighted by atomic mass is 16.2. The van der Waals surface area contributed by atoms with Crippen molar-refractivity contribution in [3.63, 3.8) is 0 Å². The zero-order chi connectivity index (χ0) is 20.1. The largest absolute Gasteiger partial charge is 0.339 e. The molecule has 2 aromatic rings. The Labute approximate surface area is 167 Å². The van der Waals surface area contributed by atoms with E-state index in [-0.39, 0.29) is 11.9 Å². The summed E-state index contributed by atoms with van der Waals surface area (Å²) in [5.41, 5.74) is 4.31. The second-order valence-electron chi connectivity index (χ2n) is 7.58. The van der Waals surface area contributed by atoms with Crippen molar-refractivity contribution in [2.24, 2.45) is 5.92 Å². The van der Waals surface area contributed by atoms with Gasteiger partial charge >= 0.3 is 6.03 Å². The number of amides is 3. The molecule has 148 valence electrons. The van der Waals surface area contributed by atoms with Crippen LogP contribution in [0.25, 0.3) is 0 Å². The summed E-state index contributed by atoms with van der Waals surface area (Å²) in [7, 11) is 0. The number of carbonyl (C=O) groups is 2. The van der Waals surface area contributed by atoms with Gasteiger partial charge in [-0.2, -0.15) is 0 Å². The third kappa shape index (κ3) is 4.91. The van der Waals surface area contributed by atoms with E-state index in [0.29, 0.717) is 19.0 Å². The van der Waals surface area contributed by atoms with E-state index in [4.69, 9.17) is 0 Å². The molecule has 0 saturated carbocycles. The first kappa shape index (κ1) is 19.9. The Balaban J connectivity index is 1.54. The van der Waals surface area contributed by atoms with Gasteiger partial charge in [-0.05, 0) is 43.4 Å². The Morgan fingerprint density at radius 2 is 1.79 bits per heavy atom. The van der Waals surface area contributed by atoms with Crippen LogP contribution in [0, 0.1) is 12.8 Å². The van der Waals surface area contributed by atoms with Crippen LogP contribution in [0.5, 0.6) is 0 Å². The summed E-state index contributed by atoms with van der Waals surface area (Å²) in [6.45, 7) is 8.30. The van der Waals surface area contributed by atoms with E-state index in [2.05, 4.69) is 36.5 Å². The fourth-order valence-electron chi connectivity index (χ4n) is 3.55. The van der Waals surface area contributed by atoms with Gasteiger partial charge in [-0.3, -0.25) is 4.79 Å². The highest BCUT2D eigenvalue weighted by Crippen LogP contribution is 2.23. The van der Waals surface area contributed by atoms with Gasteiger partial charge in [-0.15, -0.1) is 0 Å². The lowest BCUT2D eigenvalue weighted by atomic mass is 9.92. The standard InChI is InChI=1S/C23H29N3O2/c1-4-25(18(3)27)16-21-7-5-6-8-22(21)24-23(28)26-14-20(15-26)13-19-11-9-17(2)10-12-19/h5-12,20H,4,13-16H2,1-3H3,(H,24,28). The van der Waals surface area contributed by atoms with Gasteiger partial charge in [0.25, 0.3) is 0 Å². The zero-order valence-corrected chi connectivity index (χ0v) is 16.9. The lowest BCUT2D eigenvalue weighted by Gasteiger charge is -2.39. The van der Waals surface area contributed by atoms with Crippen LogP contribution < -0.4 is 5.32 Å². The molecule has 0 aliphatic carbocycles. The molecule has 5 nitrogen and oxygen atoms in total. The number of hydrogen-bond acceptors (Lipinski definition) is 2. The molecule has 0 atom stereocenters. The number of para-hydroxylation sites is 1. The Bertz CT molecular complexity index is 826. The topological polar surface area (TPSA) is 52.7 Å². The van der Waals surface area contributed by atoms with Gasteiger partial charge in [0.2, 0.25) is 5.91 Å². The first-order valence-electron chi connectivity index (χ1n) is 9.91. The summed E-state index contributed by atoms with van der Waals surface area (Å²) in [6, 6.07) is 16.2. The molecule has 3 amide bonds. The molecule has 5 heteroatoms. The quantitative estimate of drug-likeness (QED) is 0.823. The zero-order valence-electron chi connectivity index (χ0n) is 16.9. The van der Waals surface area contributed by atoms with Gasteiger partial charge in [0.05, 0.1) is 0 Å². The molecule has 1 N–H and O–H groups in total. The maximum atomic E-state index is 12.6. The second kappa shape index (κ2) is 8.91. The number of nitrogens with zero attached hydrogens (tertiary/aromatic N) is 2. The number of benzene rings is 2. The van der Waals surface area contributed by atoms with Crippen molar-refractivity contribution >= 4 is 17.6 Å². The van der Waals surface area contributed by atoms with E-state index >= 15 is 0 Å². The molecule has 1 saturated heterocycles. The van der Waals surface area contributed by atoms with Gasteiger partial charge < -0.3 is 15.1 Å². The predicted octanol–water partition coefficient (Wildman–Crippen LogP) is 4.07. The smallest absolute Gasteiger partial charge is 0.321 e. The molecule has 0 radical (unpaired) electrons. The lowest BCUT2D eigenvalue weighted by molar-refractivity contribution is -0.129. The average Bonchev–Trinajstić information content (AvgIpc) is 2.64. The number of likely N-dealkylation sites (tertiary alicyclic amines) is 1. The Hall–Kier alpha value is -2.82. The molecular formula is C23H29N3O2. The van der Waals surface area contributed by atoms with E-state index < -0.39 is 0 Å². The number of urea groups is 1. The van der Waals surface area contributed by atoms with Crippen molar-refractivity contribution in [2.75, 3.05) is 25.0 Å². The number of aryl methyl sites for hydroxylation is 1. The van der Waals surface area contributed by atoms with Crippen molar-refractivity contribution < 1.29 is 9.59 Å². The molecular weight excluding hydrogens is 350 g/mol. The summed E-state index contributed by atoms with van der Waals surface area (Å²) in [6.07, 6.45) is 1.00. The van der Waals surface area contributed by atoms with E-state index in [9.17, 15) is 9.59 Å². The van der Waals surface area contributed by atoms with Crippen LogP contribution >= 0.6 is 0 Å². The Morgan fingerprint density at radius 1 is 1.11 bits per heavy atom. The van der Waals surface area contributed by atoms with Crippen molar-refractivity contribution in [3.8, 4) is 0 Å². The number of hydrogen-bond donors (Lipinski definition) is 1. The highest BCUT2D eigenvalue weighted by Gasteiger charge is 2.30. The van der Waals surface area contributed by atoms with Crippen LogP contribution in [-0.2, 0) is 17.8 Å². The number of nitrogens with one attached hydrogen (secondary N) is 1. The predicted molar refractivity (Wildman–Crippen MR) is 112 cm³/mol. The second-order valence-corrected chi connectivity index (χ2v) is 7.58. The van der Waals surface area contributed by atoms with E-state index in [1.54, 1.807) is 11.8 Å². The maximum absolute atomic E-state index is 12.6. The summed E-state index contributed by atoms with van der Waals surface area (Å²) < 4.78 is 0. The fraction of sp³-hybridized carbons (Fsp3) is 0.391. The van der Waals surface area contributed by atoms with Gasteiger partial charge in [-0.25, -0.2) is 4.79 Å². The Morgan fingerprint density at radius 3 is 2.43 bits per heavy atom. The third-order valence-corrected chi connectivity index (χ3v) is 5.34. The molecule has 0 spiro atoms. The van der Waals surface area contributed by atoms with Crippen LogP contribution in [0.4, 0.5) is 10.5 Å². The van der Waals surface area contributed by atoms with Crippen molar-refractivity contribution in [3.05, 3.63) is 65.2 Å². The first-order valence-corrected chi connectivity index (χ1v) is 9.91. The number of anilines is 1. The normalized spacial score (nSPS) is 13.8. The maximum Gasteiger partial charge on any atom is 0.321 e. The first-order chi connectivity index (χ1) is 13.5. The molecule has 1 fully saturated rings. The van der Waals surface area contributed by atoms with Gasteiger partial charge in [-0.1, -0.05) is 48.0 Å². The summed E-state index contributed by atoms with van der Waals surface area (Å²) in [4.78, 5) is 27.9. The Kier molecular flexibility index (Phi) is 6.34. The molecule has 1 aliphatic heterocycles. The summed E-state index contributed by atoms with van der Waals surface area (Å²) >= 11 is 0. The van der Waals surface area contributed by atoms with Crippen LogP contribution in [0.1, 0.15) is 30.5 Å². The monoisotopic (exact) mass is 379 g/mol. The minimum absolute atomic E-state index is 0.0327. The molecule has 0 unspecified atom stereocenters. The molecule has 2 aromatic carbocycles. The van der Waals surface area contributed by atoms with E-state index in [1.807, 2.05) is 36.1 Å².